The molecule has 2 aromatic rings. The molecule has 0 radical (unpaired) electrons. The van der Waals surface area contributed by atoms with Gasteiger partial charge in [-0.1, -0.05) is 17.7 Å². The van der Waals surface area contributed by atoms with Crippen molar-refractivity contribution in [1.29, 1.82) is 0 Å². The maximum absolute atomic E-state index is 13.4. The van der Waals surface area contributed by atoms with E-state index in [1.807, 2.05) is 0 Å². The van der Waals surface area contributed by atoms with E-state index in [1.54, 1.807) is 30.0 Å². The van der Waals surface area contributed by atoms with Crippen LogP contribution in [0.15, 0.2) is 46.3 Å². The molecule has 0 spiro atoms. The van der Waals surface area contributed by atoms with Crippen LogP contribution in [-0.4, -0.2) is 48.6 Å². The highest BCUT2D eigenvalue weighted by Gasteiger charge is 2.35. The average Bonchev–Trinajstić information content (AvgIpc) is 3.15. The van der Waals surface area contributed by atoms with E-state index >= 15 is 0 Å². The highest BCUT2D eigenvalue weighted by molar-refractivity contribution is 8.18. The molecule has 1 saturated heterocycles. The Bertz CT molecular complexity index is 1210. The minimum atomic E-state index is -4.58. The number of aryl methyl sites for hydroxylation is 1. The number of thioether (sulfide) groups is 1. The number of hydrogen-bond donors (Lipinski definition) is 1. The molecule has 0 atom stereocenters. The first-order valence-corrected chi connectivity index (χ1v) is 11.0. The lowest BCUT2D eigenvalue weighted by molar-refractivity contribution is -0.138. The molecule has 0 aromatic heterocycles. The lowest BCUT2D eigenvalue weighted by Crippen LogP contribution is -2.49. The van der Waals surface area contributed by atoms with Crippen molar-refractivity contribution in [3.05, 3.63) is 58.0 Å². The van der Waals surface area contributed by atoms with Crippen LogP contribution in [0.25, 0.3) is 6.08 Å². The molecule has 0 bridgehead atoms. The van der Waals surface area contributed by atoms with Crippen molar-refractivity contribution >= 4 is 34.8 Å². The number of nitrogens with zero attached hydrogens (tertiary/aromatic N) is 2. The van der Waals surface area contributed by atoms with Crippen molar-refractivity contribution in [2.75, 3.05) is 26.7 Å². The number of amidine groups is 1. The van der Waals surface area contributed by atoms with E-state index in [1.165, 1.54) is 25.3 Å². The standard InChI is InChI=1S/C23H20F3N3O4S/c1-13-3-5-16(15(9-13)23(24,25)26)33-17-6-4-14(10-18(17)32-2)11-19-21(31)28-22(34-19)29-8-7-27-20(30)12-29/h3-6,9-11H,7-8,12H2,1-2H3,(H,27,30)/b19-11-. The second-order valence-electron chi connectivity index (χ2n) is 7.59. The maximum atomic E-state index is 13.4. The fraction of sp³-hybridized carbons (Fsp3) is 0.261. The molecular formula is C23H20F3N3O4S. The van der Waals surface area contributed by atoms with Crippen LogP contribution in [0.4, 0.5) is 13.2 Å². The average molecular weight is 491 g/mol. The lowest BCUT2D eigenvalue weighted by Gasteiger charge is -2.27. The largest absolute Gasteiger partial charge is 0.493 e. The highest BCUT2D eigenvalue weighted by Crippen LogP contribution is 2.41. The number of hydrogen-bond acceptors (Lipinski definition) is 6. The Morgan fingerprint density at radius 2 is 1.88 bits per heavy atom. The smallest absolute Gasteiger partial charge is 0.419 e. The Morgan fingerprint density at radius 1 is 1.12 bits per heavy atom. The van der Waals surface area contributed by atoms with E-state index in [9.17, 15) is 22.8 Å². The summed E-state index contributed by atoms with van der Waals surface area (Å²) in [5, 5.41) is 3.17. The molecule has 0 unspecified atom stereocenters. The van der Waals surface area contributed by atoms with Crippen LogP contribution in [0, 0.1) is 6.92 Å². The summed E-state index contributed by atoms with van der Waals surface area (Å²) in [4.78, 5) is 30.1. The van der Waals surface area contributed by atoms with Crippen LogP contribution in [0.1, 0.15) is 16.7 Å². The molecule has 7 nitrogen and oxygen atoms in total. The van der Waals surface area contributed by atoms with Gasteiger partial charge in [-0.05, 0) is 54.6 Å². The lowest BCUT2D eigenvalue weighted by atomic mass is 10.1. The van der Waals surface area contributed by atoms with Crippen LogP contribution in [0.2, 0.25) is 0 Å². The maximum Gasteiger partial charge on any atom is 0.419 e. The Hall–Kier alpha value is -3.47. The second kappa shape index (κ2) is 9.41. The number of aliphatic imine (C=N–C) groups is 1. The predicted octanol–water partition coefficient (Wildman–Crippen LogP) is 4.22. The van der Waals surface area contributed by atoms with Gasteiger partial charge in [0.1, 0.15) is 5.75 Å². The third-order valence-corrected chi connectivity index (χ3v) is 6.11. The molecule has 2 amide bonds. The summed E-state index contributed by atoms with van der Waals surface area (Å²) in [6.07, 6.45) is -2.97. The monoisotopic (exact) mass is 491 g/mol. The number of ether oxygens (including phenoxy) is 2. The minimum absolute atomic E-state index is 0.0978. The molecule has 2 heterocycles. The number of methoxy groups -OCH3 is 1. The molecule has 2 aliphatic rings. The van der Waals surface area contributed by atoms with E-state index in [2.05, 4.69) is 10.3 Å². The normalized spacial score (nSPS) is 17.6. The van der Waals surface area contributed by atoms with Crippen molar-refractivity contribution in [3.8, 4) is 17.2 Å². The predicted molar refractivity (Wildman–Crippen MR) is 122 cm³/mol. The summed E-state index contributed by atoms with van der Waals surface area (Å²) in [7, 11) is 1.37. The van der Waals surface area contributed by atoms with E-state index in [0.717, 1.165) is 17.8 Å². The summed E-state index contributed by atoms with van der Waals surface area (Å²) in [6, 6.07) is 8.46. The fourth-order valence-electron chi connectivity index (χ4n) is 3.42. The minimum Gasteiger partial charge on any atom is -0.493 e. The summed E-state index contributed by atoms with van der Waals surface area (Å²) in [5.41, 5.74) is 0.150. The highest BCUT2D eigenvalue weighted by atomic mass is 32.2. The van der Waals surface area contributed by atoms with Gasteiger partial charge in [0.25, 0.3) is 5.91 Å². The number of nitrogens with one attached hydrogen (secondary N) is 1. The number of piperazine rings is 1. The Kier molecular flexibility index (Phi) is 6.56. The first-order valence-electron chi connectivity index (χ1n) is 10.2. The third-order valence-electron chi connectivity index (χ3n) is 5.06. The molecule has 1 N–H and O–H groups in total. The summed E-state index contributed by atoms with van der Waals surface area (Å²) in [5.74, 6) is -0.609. The van der Waals surface area contributed by atoms with Gasteiger partial charge in [0.2, 0.25) is 5.91 Å². The van der Waals surface area contributed by atoms with Gasteiger partial charge in [-0.25, -0.2) is 0 Å². The van der Waals surface area contributed by atoms with Gasteiger partial charge in [0, 0.05) is 13.1 Å². The third kappa shape index (κ3) is 5.19. The van der Waals surface area contributed by atoms with Crippen molar-refractivity contribution in [2.45, 2.75) is 13.1 Å². The van der Waals surface area contributed by atoms with Crippen LogP contribution in [-0.2, 0) is 15.8 Å². The van der Waals surface area contributed by atoms with E-state index in [0.29, 0.717) is 34.3 Å². The number of alkyl halides is 3. The molecular weight excluding hydrogens is 471 g/mol. The van der Waals surface area contributed by atoms with Crippen LogP contribution in [0.3, 0.4) is 0 Å². The van der Waals surface area contributed by atoms with Crippen LogP contribution in [0.5, 0.6) is 17.2 Å². The molecule has 1 fully saturated rings. The molecule has 34 heavy (non-hydrogen) atoms. The van der Waals surface area contributed by atoms with E-state index in [-0.39, 0.29) is 29.7 Å². The fourth-order valence-corrected chi connectivity index (χ4v) is 4.36. The van der Waals surface area contributed by atoms with Gasteiger partial charge < -0.3 is 19.7 Å². The van der Waals surface area contributed by atoms with Gasteiger partial charge in [-0.15, -0.1) is 0 Å². The number of halogens is 3. The zero-order chi connectivity index (χ0) is 24.5. The van der Waals surface area contributed by atoms with Crippen molar-refractivity contribution in [3.63, 3.8) is 0 Å². The molecule has 11 heteroatoms. The topological polar surface area (TPSA) is 80.2 Å². The van der Waals surface area contributed by atoms with Gasteiger partial charge in [0.15, 0.2) is 16.7 Å². The number of carbonyl (C=O) groups excluding carboxylic acids is 2. The first kappa shape index (κ1) is 23.7. The first-order chi connectivity index (χ1) is 16.1. The Labute approximate surface area is 197 Å². The number of benzene rings is 2. The summed E-state index contributed by atoms with van der Waals surface area (Å²) in [6.45, 7) is 2.73. The molecule has 2 aromatic carbocycles. The number of carbonyl (C=O) groups is 2. The van der Waals surface area contributed by atoms with Crippen molar-refractivity contribution in [2.24, 2.45) is 4.99 Å². The second-order valence-corrected chi connectivity index (χ2v) is 8.60. The van der Waals surface area contributed by atoms with Crippen molar-refractivity contribution < 1.29 is 32.2 Å². The van der Waals surface area contributed by atoms with Gasteiger partial charge in [-0.2, -0.15) is 18.2 Å². The van der Waals surface area contributed by atoms with E-state index in [4.69, 9.17) is 9.47 Å². The van der Waals surface area contributed by atoms with Gasteiger partial charge in [0.05, 0.1) is 24.1 Å². The van der Waals surface area contributed by atoms with Crippen LogP contribution < -0.4 is 14.8 Å². The zero-order valence-corrected chi connectivity index (χ0v) is 19.0. The Morgan fingerprint density at radius 3 is 2.59 bits per heavy atom. The van der Waals surface area contributed by atoms with E-state index < -0.39 is 17.6 Å². The zero-order valence-electron chi connectivity index (χ0n) is 18.2. The van der Waals surface area contributed by atoms with Crippen LogP contribution >= 0.6 is 11.8 Å². The molecule has 0 aliphatic carbocycles. The molecule has 0 saturated carbocycles. The Balaban J connectivity index is 1.55. The van der Waals surface area contributed by atoms with Crippen molar-refractivity contribution in [1.82, 2.24) is 10.2 Å². The molecule has 4 rings (SSSR count). The van der Waals surface area contributed by atoms with Gasteiger partial charge >= 0.3 is 6.18 Å². The molecule has 178 valence electrons. The van der Waals surface area contributed by atoms with Gasteiger partial charge in [-0.3, -0.25) is 9.59 Å². The number of rotatable bonds is 4. The number of amides is 2. The summed E-state index contributed by atoms with van der Waals surface area (Å²) < 4.78 is 51.2. The quantitative estimate of drug-likeness (QED) is 0.646. The molecule has 2 aliphatic heterocycles. The SMILES string of the molecule is COc1cc(/C=C2\SC(N3CCNC(=O)C3)=NC2=O)ccc1Oc1ccc(C)cc1C(F)(F)F. The summed E-state index contributed by atoms with van der Waals surface area (Å²) >= 11 is 1.16.